The van der Waals surface area contributed by atoms with Crippen molar-refractivity contribution in [3.63, 3.8) is 0 Å². The molecule has 1 aliphatic carbocycles. The molecule has 2 aliphatic heterocycles. The van der Waals surface area contributed by atoms with E-state index in [1.165, 1.54) is 4.68 Å². The van der Waals surface area contributed by atoms with Crippen LogP contribution in [0.25, 0.3) is 16.9 Å². The van der Waals surface area contributed by atoms with Crippen molar-refractivity contribution in [1.82, 2.24) is 14.7 Å². The Bertz CT molecular complexity index is 1770. The van der Waals surface area contributed by atoms with E-state index in [1.807, 2.05) is 47.4 Å². The van der Waals surface area contributed by atoms with Gasteiger partial charge in [-0.1, -0.05) is 36.8 Å². The SMILES string of the molecule is COc1ccc(CN2C(=O)C3(CCC3)c3cc(-c4cc(C(F)(F)F)nn4-c4ccccc4)cc(OC4CC(C)N(C)C(C)C4)c32)cc1. The van der Waals surface area contributed by atoms with E-state index in [-0.39, 0.29) is 29.8 Å². The van der Waals surface area contributed by atoms with E-state index in [0.717, 1.165) is 47.9 Å². The number of ether oxygens (including phenoxy) is 2. The summed E-state index contributed by atoms with van der Waals surface area (Å²) in [7, 11) is 3.73. The van der Waals surface area contributed by atoms with E-state index in [1.54, 1.807) is 31.4 Å². The fraction of sp³-hybridized carbons (Fsp3) is 0.405. The Morgan fingerprint density at radius 3 is 2.23 bits per heavy atom. The Hall–Kier alpha value is -4.31. The first kappa shape index (κ1) is 31.3. The molecule has 7 rings (SSSR count). The number of alkyl halides is 3. The summed E-state index contributed by atoms with van der Waals surface area (Å²) in [6.07, 6.45) is -0.937. The molecular formula is C37H39F3N4O3. The largest absolute Gasteiger partial charge is 0.497 e. The maximum atomic E-state index is 14.4. The second kappa shape index (κ2) is 11.7. The van der Waals surface area contributed by atoms with Crippen LogP contribution in [-0.4, -0.2) is 52.9 Å². The average molecular weight is 645 g/mol. The molecule has 2 atom stereocenters. The molecule has 47 heavy (non-hydrogen) atoms. The molecule has 1 spiro atoms. The first-order valence-corrected chi connectivity index (χ1v) is 16.2. The molecule has 1 amide bonds. The Balaban J connectivity index is 1.40. The van der Waals surface area contributed by atoms with Crippen LogP contribution in [0.2, 0.25) is 0 Å². The van der Waals surface area contributed by atoms with Crippen molar-refractivity contribution >= 4 is 11.6 Å². The molecule has 7 nitrogen and oxygen atoms in total. The number of halogens is 3. The molecule has 1 aromatic heterocycles. The Labute approximate surface area is 272 Å². The van der Waals surface area contributed by atoms with E-state index in [0.29, 0.717) is 36.4 Å². The summed E-state index contributed by atoms with van der Waals surface area (Å²) >= 11 is 0. The summed E-state index contributed by atoms with van der Waals surface area (Å²) in [5, 5.41) is 4.02. The summed E-state index contributed by atoms with van der Waals surface area (Å²) in [5.74, 6) is 1.26. The van der Waals surface area contributed by atoms with Crippen molar-refractivity contribution < 1.29 is 27.4 Å². The first-order valence-electron chi connectivity index (χ1n) is 16.2. The number of methoxy groups -OCH3 is 1. The van der Waals surface area contributed by atoms with E-state index < -0.39 is 17.3 Å². The normalized spacial score (nSPS) is 22.3. The van der Waals surface area contributed by atoms with Gasteiger partial charge in [0.2, 0.25) is 5.91 Å². The highest BCUT2D eigenvalue weighted by atomic mass is 19.4. The standard InChI is InChI=1S/C37H39F3N4O3/c1-23-17-29(18-24(2)42(23)3)47-32-20-26(31-21-33(37(38,39)40)41-44(31)27-9-6-5-7-10-27)19-30-34(32)43(35(45)36(30)15-8-16-36)22-25-11-13-28(46-4)14-12-25/h5-7,9-14,19-21,23-24,29H,8,15-18,22H2,1-4H3. The van der Waals surface area contributed by atoms with Gasteiger partial charge in [-0.3, -0.25) is 4.79 Å². The van der Waals surface area contributed by atoms with Gasteiger partial charge in [0.1, 0.15) is 17.6 Å². The van der Waals surface area contributed by atoms with Crippen LogP contribution < -0.4 is 14.4 Å². The van der Waals surface area contributed by atoms with Crippen LogP contribution in [0.1, 0.15) is 62.8 Å². The van der Waals surface area contributed by atoms with Crippen LogP contribution in [0.4, 0.5) is 18.9 Å². The topological polar surface area (TPSA) is 59.8 Å². The second-order valence-electron chi connectivity index (χ2n) is 13.3. The fourth-order valence-electron chi connectivity index (χ4n) is 7.43. The van der Waals surface area contributed by atoms with Gasteiger partial charge in [-0.25, -0.2) is 4.68 Å². The van der Waals surface area contributed by atoms with Crippen molar-refractivity contribution in [2.75, 3.05) is 19.1 Å². The van der Waals surface area contributed by atoms with Crippen LogP contribution >= 0.6 is 0 Å². The minimum absolute atomic E-state index is 0.00855. The lowest BCUT2D eigenvalue weighted by Gasteiger charge is -2.40. The number of likely N-dealkylation sites (tertiary alicyclic amines) is 1. The van der Waals surface area contributed by atoms with E-state index in [4.69, 9.17) is 9.47 Å². The number of carbonyl (C=O) groups excluding carboxylic acids is 1. The van der Waals surface area contributed by atoms with Crippen molar-refractivity contribution in [2.24, 2.45) is 0 Å². The molecular weight excluding hydrogens is 605 g/mol. The minimum atomic E-state index is -4.63. The molecule has 0 radical (unpaired) electrons. The number of benzene rings is 3. The van der Waals surface area contributed by atoms with Crippen LogP contribution in [0, 0.1) is 0 Å². The molecule has 4 aromatic rings. The van der Waals surface area contributed by atoms with Gasteiger partial charge in [-0.2, -0.15) is 18.3 Å². The molecule has 0 N–H and O–H groups in total. The third-order valence-corrected chi connectivity index (χ3v) is 10.4. The number of anilines is 1. The predicted molar refractivity (Wildman–Crippen MR) is 174 cm³/mol. The molecule has 10 heteroatoms. The number of hydrogen-bond acceptors (Lipinski definition) is 5. The Morgan fingerprint density at radius 1 is 0.957 bits per heavy atom. The van der Waals surface area contributed by atoms with Gasteiger partial charge >= 0.3 is 6.18 Å². The lowest BCUT2D eigenvalue weighted by Crippen LogP contribution is -2.47. The monoisotopic (exact) mass is 644 g/mol. The Kier molecular flexibility index (Phi) is 7.82. The third kappa shape index (κ3) is 5.46. The van der Waals surface area contributed by atoms with Crippen molar-refractivity contribution in [3.05, 3.63) is 89.6 Å². The summed E-state index contributed by atoms with van der Waals surface area (Å²) in [5.41, 5.74) is 2.08. The highest BCUT2D eigenvalue weighted by molar-refractivity contribution is 6.10. The van der Waals surface area contributed by atoms with Gasteiger partial charge in [0, 0.05) is 17.6 Å². The van der Waals surface area contributed by atoms with Crippen molar-refractivity contribution in [1.29, 1.82) is 0 Å². The zero-order valence-corrected chi connectivity index (χ0v) is 27.1. The second-order valence-corrected chi connectivity index (χ2v) is 13.3. The molecule has 3 aliphatic rings. The van der Waals surface area contributed by atoms with E-state index in [9.17, 15) is 18.0 Å². The summed E-state index contributed by atoms with van der Waals surface area (Å²) < 4.78 is 55.9. The van der Waals surface area contributed by atoms with Gasteiger partial charge in [0.25, 0.3) is 0 Å². The maximum absolute atomic E-state index is 14.4. The first-order chi connectivity index (χ1) is 22.5. The van der Waals surface area contributed by atoms with Gasteiger partial charge in [-0.05, 0) is 100 Å². The number of hydrogen-bond donors (Lipinski definition) is 0. The smallest absolute Gasteiger partial charge is 0.435 e. The number of rotatable bonds is 7. The maximum Gasteiger partial charge on any atom is 0.435 e. The molecule has 1 saturated carbocycles. The third-order valence-electron chi connectivity index (χ3n) is 10.4. The Morgan fingerprint density at radius 2 is 1.64 bits per heavy atom. The van der Waals surface area contributed by atoms with Gasteiger partial charge in [0.05, 0.1) is 36.1 Å². The highest BCUT2D eigenvalue weighted by Gasteiger charge is 2.56. The summed E-state index contributed by atoms with van der Waals surface area (Å²) in [6, 6.07) is 21.8. The number of carbonyl (C=O) groups is 1. The van der Waals surface area contributed by atoms with Crippen LogP contribution in [-0.2, 0) is 22.9 Å². The number of amides is 1. The zero-order valence-electron chi connectivity index (χ0n) is 27.1. The average Bonchev–Trinajstić information content (AvgIpc) is 3.59. The number of fused-ring (bicyclic) bond motifs is 2. The molecule has 3 aromatic carbocycles. The molecule has 2 fully saturated rings. The van der Waals surface area contributed by atoms with E-state index >= 15 is 0 Å². The fourth-order valence-corrected chi connectivity index (χ4v) is 7.43. The molecule has 0 bridgehead atoms. The van der Waals surface area contributed by atoms with Gasteiger partial charge < -0.3 is 19.3 Å². The molecule has 2 unspecified atom stereocenters. The van der Waals surface area contributed by atoms with Crippen LogP contribution in [0.3, 0.4) is 0 Å². The van der Waals surface area contributed by atoms with Gasteiger partial charge in [0.15, 0.2) is 5.69 Å². The minimum Gasteiger partial charge on any atom is -0.497 e. The summed E-state index contributed by atoms with van der Waals surface area (Å²) in [4.78, 5) is 18.6. The van der Waals surface area contributed by atoms with Crippen molar-refractivity contribution in [2.45, 2.75) is 82.3 Å². The molecule has 1 saturated heterocycles. The number of nitrogens with zero attached hydrogens (tertiary/aromatic N) is 4. The quantitative estimate of drug-likeness (QED) is 0.206. The highest BCUT2D eigenvalue weighted by Crippen LogP contribution is 2.58. The van der Waals surface area contributed by atoms with Crippen molar-refractivity contribution in [3.8, 4) is 28.4 Å². The zero-order chi connectivity index (χ0) is 33.1. The molecule has 3 heterocycles. The lowest BCUT2D eigenvalue weighted by molar-refractivity contribution is -0.141. The predicted octanol–water partition coefficient (Wildman–Crippen LogP) is 7.79. The van der Waals surface area contributed by atoms with Crippen LogP contribution in [0.15, 0.2) is 72.8 Å². The van der Waals surface area contributed by atoms with E-state index in [2.05, 4.69) is 30.9 Å². The molecule has 246 valence electrons. The number of piperidine rings is 1. The lowest BCUT2D eigenvalue weighted by atomic mass is 9.65. The number of aromatic nitrogens is 2. The van der Waals surface area contributed by atoms with Crippen LogP contribution in [0.5, 0.6) is 11.5 Å². The summed E-state index contributed by atoms with van der Waals surface area (Å²) in [6.45, 7) is 4.69. The van der Waals surface area contributed by atoms with Gasteiger partial charge in [-0.15, -0.1) is 0 Å². The number of para-hydroxylation sites is 1.